The molecule has 3 aliphatic heterocycles. The van der Waals surface area contributed by atoms with Crippen LogP contribution < -0.4 is 14.4 Å². The monoisotopic (exact) mass is 613 g/mol. The number of carbonyl (C=O) groups excluding carboxylic acids is 2. The number of rotatable bonds is 3. The number of fused-ring (bicyclic) bond motifs is 4. The van der Waals surface area contributed by atoms with Crippen LogP contribution in [0.5, 0.6) is 5.75 Å². The van der Waals surface area contributed by atoms with Crippen LogP contribution in [0.15, 0.2) is 36.4 Å². The molecule has 2 aromatic carbocycles. The molecule has 4 atom stereocenters. The number of nitrogens with one attached hydrogen (secondary N) is 1. The maximum Gasteiger partial charge on any atom is 0.264 e. The number of halogens is 1. The van der Waals surface area contributed by atoms with Crippen molar-refractivity contribution in [1.29, 1.82) is 0 Å². The molecular weight excluding hydrogens is 574 g/mol. The van der Waals surface area contributed by atoms with Gasteiger partial charge in [0.05, 0.1) is 17.5 Å². The van der Waals surface area contributed by atoms with Crippen LogP contribution in [0.4, 0.5) is 5.69 Å². The smallest absolute Gasteiger partial charge is 0.264 e. The van der Waals surface area contributed by atoms with Gasteiger partial charge < -0.3 is 14.5 Å². The standard InChI is InChI=1S/C32H40ClN3O5S/c1-3-4-22-15-25(33)9-10-27(22)32(2)19-36-17-24-6-5-21(24)8-12-30(37)35-14-13-26(18-35)42(39,40)34-31(38)23-7-11-29(41-20-32)28(36)16-23/h7,9-11,15-16,21,24,26H,3-6,8,12-14,17-20H2,1-2H3,(H,34,38)/t21-,24-,26-,32-/m0/s1. The average molecular weight is 614 g/mol. The number of nitrogens with zero attached hydrogens (tertiary/aromatic N) is 2. The first-order valence-corrected chi connectivity index (χ1v) is 17.1. The van der Waals surface area contributed by atoms with Crippen molar-refractivity contribution in [3.63, 3.8) is 0 Å². The number of amides is 2. The number of aryl methyl sites for hydroxylation is 1. The van der Waals surface area contributed by atoms with Crippen LogP contribution in [0.2, 0.25) is 5.02 Å². The molecule has 8 nitrogen and oxygen atoms in total. The molecule has 0 spiro atoms. The van der Waals surface area contributed by atoms with E-state index in [0.717, 1.165) is 49.4 Å². The molecule has 1 saturated heterocycles. The van der Waals surface area contributed by atoms with Gasteiger partial charge in [-0.15, -0.1) is 0 Å². The second kappa shape index (κ2) is 11.4. The molecule has 0 radical (unpaired) electrons. The maximum atomic E-state index is 13.3. The number of hydrogen-bond acceptors (Lipinski definition) is 6. The number of carbonyl (C=O) groups is 2. The molecule has 2 aromatic rings. The number of ether oxygens (including phenoxy) is 1. The number of hydrogen-bond donors (Lipinski definition) is 1. The Morgan fingerprint density at radius 2 is 1.83 bits per heavy atom. The van der Waals surface area contributed by atoms with Crippen molar-refractivity contribution in [3.05, 3.63) is 58.1 Å². The minimum atomic E-state index is -3.95. The Hall–Kier alpha value is -2.78. The lowest BCUT2D eigenvalue weighted by Gasteiger charge is -2.43. The van der Waals surface area contributed by atoms with Crippen LogP contribution in [0.1, 0.15) is 73.9 Å². The van der Waals surface area contributed by atoms with Crippen molar-refractivity contribution in [3.8, 4) is 5.75 Å². The van der Waals surface area contributed by atoms with Crippen LogP contribution in [0.3, 0.4) is 0 Å². The number of benzene rings is 2. The highest BCUT2D eigenvalue weighted by atomic mass is 35.5. The van der Waals surface area contributed by atoms with Gasteiger partial charge >= 0.3 is 0 Å². The quantitative estimate of drug-likeness (QED) is 0.527. The summed E-state index contributed by atoms with van der Waals surface area (Å²) in [5.74, 6) is 0.881. The molecule has 2 amide bonds. The molecule has 1 N–H and O–H groups in total. The molecule has 0 aromatic heterocycles. The minimum absolute atomic E-state index is 0.00576. The van der Waals surface area contributed by atoms with Crippen molar-refractivity contribution >= 4 is 39.1 Å². The van der Waals surface area contributed by atoms with Crippen LogP contribution in [-0.2, 0) is 26.7 Å². The van der Waals surface area contributed by atoms with E-state index in [1.54, 1.807) is 23.1 Å². The van der Waals surface area contributed by atoms with Crippen molar-refractivity contribution in [2.24, 2.45) is 11.8 Å². The van der Waals surface area contributed by atoms with E-state index in [-0.39, 0.29) is 23.4 Å². The van der Waals surface area contributed by atoms with E-state index in [1.807, 2.05) is 6.07 Å². The predicted molar refractivity (Wildman–Crippen MR) is 164 cm³/mol. The number of anilines is 1. The van der Waals surface area contributed by atoms with Gasteiger partial charge in [0.1, 0.15) is 5.75 Å². The van der Waals surface area contributed by atoms with Gasteiger partial charge in [0.25, 0.3) is 5.91 Å². The molecule has 0 unspecified atom stereocenters. The third-order valence-corrected chi connectivity index (χ3v) is 11.8. The first-order chi connectivity index (χ1) is 20.1. The summed E-state index contributed by atoms with van der Waals surface area (Å²) in [6, 6.07) is 11.3. The highest BCUT2D eigenvalue weighted by Crippen LogP contribution is 2.44. The Labute approximate surface area is 253 Å². The molecule has 3 heterocycles. The maximum absolute atomic E-state index is 13.3. The third kappa shape index (κ3) is 5.62. The van der Waals surface area contributed by atoms with E-state index in [0.29, 0.717) is 50.1 Å². The molecular formula is C32H40ClN3O5S. The lowest BCUT2D eigenvalue weighted by atomic mass is 9.70. The van der Waals surface area contributed by atoms with Gasteiger partial charge in [0.15, 0.2) is 0 Å². The second-order valence-electron chi connectivity index (χ2n) is 12.8. The lowest BCUT2D eigenvalue weighted by molar-refractivity contribution is -0.130. The van der Waals surface area contributed by atoms with Gasteiger partial charge in [-0.2, -0.15) is 0 Å². The molecule has 1 aliphatic carbocycles. The van der Waals surface area contributed by atoms with Crippen molar-refractivity contribution in [2.75, 3.05) is 37.7 Å². The van der Waals surface area contributed by atoms with Gasteiger partial charge in [0, 0.05) is 48.6 Å². The SMILES string of the molecule is CCCc1cc(Cl)ccc1[C@]1(C)COc2ccc3cc2N(C[C@@H]2CC[C@H]2CCC(=O)N2CC[C@@H](C2)S(=O)(=O)NC3=O)C1. The van der Waals surface area contributed by atoms with Crippen LogP contribution in [0, 0.1) is 11.8 Å². The molecule has 1 saturated carbocycles. The van der Waals surface area contributed by atoms with Crippen LogP contribution in [0.25, 0.3) is 0 Å². The van der Waals surface area contributed by atoms with Gasteiger partial charge in [-0.1, -0.05) is 37.9 Å². The van der Waals surface area contributed by atoms with Crippen molar-refractivity contribution in [1.82, 2.24) is 9.62 Å². The molecule has 42 heavy (non-hydrogen) atoms. The summed E-state index contributed by atoms with van der Waals surface area (Å²) < 4.78 is 35.1. The summed E-state index contributed by atoms with van der Waals surface area (Å²) in [5.41, 5.74) is 3.14. The summed E-state index contributed by atoms with van der Waals surface area (Å²) in [7, 11) is -3.95. The molecule has 10 heteroatoms. The fraction of sp³-hybridized carbons (Fsp3) is 0.562. The summed E-state index contributed by atoms with van der Waals surface area (Å²) in [4.78, 5) is 30.3. The van der Waals surface area contributed by atoms with E-state index in [2.05, 4.69) is 35.6 Å². The van der Waals surface area contributed by atoms with Crippen molar-refractivity contribution in [2.45, 2.75) is 69.5 Å². The van der Waals surface area contributed by atoms with Gasteiger partial charge in [-0.05, 0) is 85.4 Å². The van der Waals surface area contributed by atoms with E-state index >= 15 is 0 Å². The zero-order valence-electron chi connectivity index (χ0n) is 24.4. The lowest BCUT2D eigenvalue weighted by Crippen LogP contribution is -2.46. The van der Waals surface area contributed by atoms with Gasteiger partial charge in [0.2, 0.25) is 15.9 Å². The minimum Gasteiger partial charge on any atom is -0.490 e. The molecule has 4 aliphatic rings. The Kier molecular flexibility index (Phi) is 7.94. The third-order valence-electron chi connectivity index (χ3n) is 9.82. The fourth-order valence-corrected chi connectivity index (χ4v) is 8.79. The Bertz CT molecular complexity index is 1500. The summed E-state index contributed by atoms with van der Waals surface area (Å²) in [6.45, 7) is 6.81. The second-order valence-corrected chi connectivity index (χ2v) is 15.2. The van der Waals surface area contributed by atoms with Crippen molar-refractivity contribution < 1.29 is 22.7 Å². The molecule has 2 fully saturated rings. The van der Waals surface area contributed by atoms with Crippen LogP contribution >= 0.6 is 11.6 Å². The first-order valence-electron chi connectivity index (χ1n) is 15.2. The van der Waals surface area contributed by atoms with Gasteiger partial charge in [-0.25, -0.2) is 13.1 Å². The predicted octanol–water partition coefficient (Wildman–Crippen LogP) is 4.93. The molecule has 6 rings (SSSR count). The van der Waals surface area contributed by atoms with Crippen LogP contribution in [-0.4, -0.2) is 63.2 Å². The summed E-state index contributed by atoms with van der Waals surface area (Å²) >= 11 is 6.41. The fourth-order valence-electron chi connectivity index (χ4n) is 7.26. The molecule has 4 bridgehead atoms. The highest BCUT2D eigenvalue weighted by molar-refractivity contribution is 7.90. The zero-order valence-corrected chi connectivity index (χ0v) is 26.0. The molecule has 226 valence electrons. The normalized spacial score (nSPS) is 29.2. The van der Waals surface area contributed by atoms with E-state index in [4.69, 9.17) is 16.3 Å². The summed E-state index contributed by atoms with van der Waals surface area (Å²) in [6.07, 6.45) is 5.64. The Morgan fingerprint density at radius 1 is 1.02 bits per heavy atom. The number of sulfonamides is 1. The first kappa shape index (κ1) is 29.3. The summed E-state index contributed by atoms with van der Waals surface area (Å²) in [5, 5.41) is -0.0799. The Balaban J connectivity index is 1.39. The average Bonchev–Trinajstić information content (AvgIpc) is 3.40. The zero-order chi connectivity index (χ0) is 29.6. The van der Waals surface area contributed by atoms with E-state index in [9.17, 15) is 18.0 Å². The van der Waals surface area contributed by atoms with E-state index in [1.165, 1.54) is 11.1 Å². The van der Waals surface area contributed by atoms with Gasteiger partial charge in [-0.3, -0.25) is 9.59 Å². The Morgan fingerprint density at radius 3 is 2.60 bits per heavy atom. The van der Waals surface area contributed by atoms with E-state index < -0.39 is 21.2 Å². The topological polar surface area (TPSA) is 96.0 Å². The largest absolute Gasteiger partial charge is 0.490 e. The highest BCUT2D eigenvalue weighted by Gasteiger charge is 2.41.